The van der Waals surface area contributed by atoms with Crippen LogP contribution in [0.4, 0.5) is 10.5 Å². The van der Waals surface area contributed by atoms with Crippen LogP contribution in [0.3, 0.4) is 0 Å². The standard InChI is InChI=1S/C18H27N3O3S/c1-13-9-10-15(12-17(13)25(23,24)19-2)20-18(22)21-11-5-8-16(21)14-6-3-4-7-14/h9-10,12,14,16,19H,3-8,11H2,1-2H3,(H,20,22). The number of carbonyl (C=O) groups is 1. The molecule has 2 N–H and O–H groups in total. The lowest BCUT2D eigenvalue weighted by Gasteiger charge is -2.29. The van der Waals surface area contributed by atoms with Gasteiger partial charge in [0.05, 0.1) is 4.90 Å². The van der Waals surface area contributed by atoms with Gasteiger partial charge in [-0.2, -0.15) is 0 Å². The summed E-state index contributed by atoms with van der Waals surface area (Å²) in [5.41, 5.74) is 1.17. The average molecular weight is 365 g/mol. The number of benzene rings is 1. The highest BCUT2D eigenvalue weighted by atomic mass is 32.2. The number of hydrogen-bond acceptors (Lipinski definition) is 3. The highest BCUT2D eigenvalue weighted by Gasteiger charge is 2.36. The van der Waals surface area contributed by atoms with Crippen LogP contribution in [0.2, 0.25) is 0 Å². The van der Waals surface area contributed by atoms with Gasteiger partial charge in [-0.3, -0.25) is 0 Å². The van der Waals surface area contributed by atoms with Gasteiger partial charge < -0.3 is 10.2 Å². The van der Waals surface area contributed by atoms with Gasteiger partial charge >= 0.3 is 6.03 Å². The molecule has 3 rings (SSSR count). The van der Waals surface area contributed by atoms with Gasteiger partial charge in [-0.25, -0.2) is 17.9 Å². The quantitative estimate of drug-likeness (QED) is 0.861. The van der Waals surface area contributed by atoms with Crippen molar-refractivity contribution in [1.82, 2.24) is 9.62 Å². The van der Waals surface area contributed by atoms with E-state index >= 15 is 0 Å². The molecule has 1 aliphatic heterocycles. The van der Waals surface area contributed by atoms with Crippen molar-refractivity contribution in [2.75, 3.05) is 18.9 Å². The first-order valence-electron chi connectivity index (χ1n) is 9.04. The number of anilines is 1. The zero-order chi connectivity index (χ0) is 18.0. The summed E-state index contributed by atoms with van der Waals surface area (Å²) in [4.78, 5) is 14.9. The lowest BCUT2D eigenvalue weighted by Crippen LogP contribution is -2.42. The van der Waals surface area contributed by atoms with Gasteiger partial charge in [0.25, 0.3) is 0 Å². The maximum atomic E-state index is 12.7. The van der Waals surface area contributed by atoms with Gasteiger partial charge in [-0.15, -0.1) is 0 Å². The first-order valence-corrected chi connectivity index (χ1v) is 10.5. The number of carbonyl (C=O) groups excluding carboxylic acids is 1. The zero-order valence-corrected chi connectivity index (χ0v) is 15.7. The zero-order valence-electron chi connectivity index (χ0n) is 14.9. The first kappa shape index (κ1) is 18.2. The Morgan fingerprint density at radius 3 is 2.56 bits per heavy atom. The molecule has 0 spiro atoms. The smallest absolute Gasteiger partial charge is 0.321 e. The van der Waals surface area contributed by atoms with Gasteiger partial charge in [0, 0.05) is 18.3 Å². The minimum atomic E-state index is -3.54. The Balaban J connectivity index is 1.75. The SMILES string of the molecule is CNS(=O)(=O)c1cc(NC(=O)N2CCCC2C2CCCC2)ccc1C. The third-order valence-electron chi connectivity index (χ3n) is 5.50. The molecular weight excluding hydrogens is 338 g/mol. The summed E-state index contributed by atoms with van der Waals surface area (Å²) in [5.74, 6) is 0.617. The summed E-state index contributed by atoms with van der Waals surface area (Å²) in [7, 11) is -2.16. The van der Waals surface area contributed by atoms with E-state index in [9.17, 15) is 13.2 Å². The Hall–Kier alpha value is -1.60. The van der Waals surface area contributed by atoms with Gasteiger partial charge in [0.2, 0.25) is 10.0 Å². The number of urea groups is 1. The molecule has 0 aromatic heterocycles. The van der Waals surface area contributed by atoms with E-state index in [1.54, 1.807) is 19.1 Å². The summed E-state index contributed by atoms with van der Waals surface area (Å²) < 4.78 is 26.5. The monoisotopic (exact) mass is 365 g/mol. The van der Waals surface area contributed by atoms with Crippen molar-refractivity contribution in [3.8, 4) is 0 Å². The van der Waals surface area contributed by atoms with Crippen molar-refractivity contribution in [1.29, 1.82) is 0 Å². The molecule has 0 bridgehead atoms. The Morgan fingerprint density at radius 2 is 1.88 bits per heavy atom. The number of likely N-dealkylation sites (tertiary alicyclic amines) is 1. The Kier molecular flexibility index (Phi) is 5.34. The lowest BCUT2D eigenvalue weighted by atomic mass is 9.96. The number of rotatable bonds is 4. The average Bonchev–Trinajstić information content (AvgIpc) is 3.27. The van der Waals surface area contributed by atoms with Crippen LogP contribution < -0.4 is 10.0 Å². The molecule has 2 aliphatic rings. The number of aryl methyl sites for hydroxylation is 1. The summed E-state index contributed by atoms with van der Waals surface area (Å²) >= 11 is 0. The van der Waals surface area contributed by atoms with Crippen LogP contribution in [0.1, 0.15) is 44.1 Å². The lowest BCUT2D eigenvalue weighted by molar-refractivity contribution is 0.185. The third kappa shape index (κ3) is 3.82. The van der Waals surface area contributed by atoms with Gasteiger partial charge in [0.15, 0.2) is 0 Å². The molecule has 1 saturated carbocycles. The second-order valence-electron chi connectivity index (χ2n) is 7.07. The molecule has 138 valence electrons. The van der Waals surface area contributed by atoms with Crippen molar-refractivity contribution in [2.45, 2.75) is 56.4 Å². The van der Waals surface area contributed by atoms with E-state index in [0.717, 1.165) is 19.4 Å². The maximum absolute atomic E-state index is 12.7. The Morgan fingerprint density at radius 1 is 1.16 bits per heavy atom. The Bertz CT molecular complexity index is 742. The molecule has 2 amide bonds. The topological polar surface area (TPSA) is 78.5 Å². The minimum absolute atomic E-state index is 0.119. The second-order valence-corrected chi connectivity index (χ2v) is 8.92. The van der Waals surface area contributed by atoms with Crippen LogP contribution in [0, 0.1) is 12.8 Å². The van der Waals surface area contributed by atoms with E-state index in [4.69, 9.17) is 0 Å². The van der Waals surface area contributed by atoms with Crippen molar-refractivity contribution >= 4 is 21.7 Å². The molecule has 0 radical (unpaired) electrons. The van der Waals surface area contributed by atoms with Crippen LogP contribution >= 0.6 is 0 Å². The van der Waals surface area contributed by atoms with E-state index in [1.807, 2.05) is 4.90 Å². The fourth-order valence-electron chi connectivity index (χ4n) is 4.15. The molecule has 1 aromatic carbocycles. The number of amides is 2. The van der Waals surface area contributed by atoms with E-state index in [1.165, 1.54) is 38.8 Å². The van der Waals surface area contributed by atoms with Crippen molar-refractivity contribution in [3.63, 3.8) is 0 Å². The largest absolute Gasteiger partial charge is 0.322 e. The van der Waals surface area contributed by atoms with Gasteiger partial charge in [-0.05, 0) is 63.3 Å². The number of hydrogen-bond donors (Lipinski definition) is 2. The summed E-state index contributed by atoms with van der Waals surface area (Å²) in [6.45, 7) is 2.52. The van der Waals surface area contributed by atoms with Crippen LogP contribution in [-0.2, 0) is 10.0 Å². The highest BCUT2D eigenvalue weighted by molar-refractivity contribution is 7.89. The van der Waals surface area contributed by atoms with Crippen LogP contribution in [-0.4, -0.2) is 39.0 Å². The normalized spacial score (nSPS) is 21.7. The number of sulfonamides is 1. The number of nitrogens with zero attached hydrogens (tertiary/aromatic N) is 1. The third-order valence-corrected chi connectivity index (χ3v) is 7.06. The van der Waals surface area contributed by atoms with Crippen LogP contribution in [0.15, 0.2) is 23.1 Å². The second kappa shape index (κ2) is 7.33. The molecule has 7 heteroatoms. The molecule has 1 heterocycles. The van der Waals surface area contributed by atoms with Crippen LogP contribution in [0.5, 0.6) is 0 Å². The van der Waals surface area contributed by atoms with E-state index in [0.29, 0.717) is 23.2 Å². The summed E-state index contributed by atoms with van der Waals surface area (Å²) in [5, 5.41) is 2.90. The van der Waals surface area contributed by atoms with Crippen molar-refractivity contribution in [2.24, 2.45) is 5.92 Å². The molecule has 1 aliphatic carbocycles. The van der Waals surface area contributed by atoms with E-state index < -0.39 is 10.0 Å². The predicted molar refractivity (Wildman–Crippen MR) is 98.1 cm³/mol. The highest BCUT2D eigenvalue weighted by Crippen LogP contribution is 2.35. The summed E-state index contributed by atoms with van der Waals surface area (Å²) in [6, 6.07) is 5.21. The Labute approximate surface area is 150 Å². The molecular formula is C18H27N3O3S. The van der Waals surface area contributed by atoms with E-state index in [2.05, 4.69) is 10.0 Å². The maximum Gasteiger partial charge on any atom is 0.322 e. The number of nitrogens with one attached hydrogen (secondary N) is 2. The van der Waals surface area contributed by atoms with Crippen molar-refractivity contribution in [3.05, 3.63) is 23.8 Å². The summed E-state index contributed by atoms with van der Waals surface area (Å²) in [6.07, 6.45) is 7.07. The fraction of sp³-hybridized carbons (Fsp3) is 0.611. The molecule has 1 atom stereocenters. The molecule has 2 fully saturated rings. The molecule has 6 nitrogen and oxygen atoms in total. The fourth-order valence-corrected chi connectivity index (χ4v) is 5.14. The minimum Gasteiger partial charge on any atom is -0.321 e. The molecule has 1 aromatic rings. The first-order chi connectivity index (χ1) is 11.9. The van der Waals surface area contributed by atoms with E-state index in [-0.39, 0.29) is 10.9 Å². The van der Waals surface area contributed by atoms with Gasteiger partial charge in [-0.1, -0.05) is 18.9 Å². The predicted octanol–water partition coefficient (Wildman–Crippen LogP) is 3.09. The molecule has 1 unspecified atom stereocenters. The van der Waals surface area contributed by atoms with Crippen LogP contribution in [0.25, 0.3) is 0 Å². The van der Waals surface area contributed by atoms with Gasteiger partial charge in [0.1, 0.15) is 0 Å². The van der Waals surface area contributed by atoms with Crippen molar-refractivity contribution < 1.29 is 13.2 Å². The molecule has 25 heavy (non-hydrogen) atoms. The molecule has 1 saturated heterocycles.